The Morgan fingerprint density at radius 2 is 1.82 bits per heavy atom. The van der Waals surface area contributed by atoms with Gasteiger partial charge in [0.05, 0.1) is 29.2 Å². The lowest BCUT2D eigenvalue weighted by atomic mass is 10.1. The summed E-state index contributed by atoms with van der Waals surface area (Å²) in [5, 5.41) is 1.87. The number of benzene rings is 3. The van der Waals surface area contributed by atoms with E-state index in [0.29, 0.717) is 29.4 Å². The summed E-state index contributed by atoms with van der Waals surface area (Å²) in [6.45, 7) is 0.265. The van der Waals surface area contributed by atoms with Crippen molar-refractivity contribution in [2.75, 3.05) is 14.2 Å². The molecule has 1 saturated heterocycles. The molecule has 8 nitrogen and oxygen atoms in total. The topological polar surface area (TPSA) is 95.3 Å². The number of carbonyl (C=O) groups excluding carboxylic acids is 3. The van der Waals surface area contributed by atoms with Crippen molar-refractivity contribution >= 4 is 68.3 Å². The van der Waals surface area contributed by atoms with E-state index in [2.05, 4.69) is 51.6 Å². The van der Waals surface area contributed by atoms with Gasteiger partial charge >= 0.3 is 5.97 Å². The van der Waals surface area contributed by atoms with Gasteiger partial charge in [-0.25, -0.2) is 4.79 Å². The molecule has 2 heterocycles. The molecule has 0 atom stereocenters. The van der Waals surface area contributed by atoms with Gasteiger partial charge in [0.25, 0.3) is 11.1 Å². The van der Waals surface area contributed by atoms with Crippen LogP contribution in [0.3, 0.4) is 0 Å². The number of nitrogens with zero attached hydrogens (tertiary/aromatic N) is 1. The third-order valence-electron chi connectivity index (χ3n) is 5.98. The summed E-state index contributed by atoms with van der Waals surface area (Å²) in [5.74, 6) is 0.313. The van der Waals surface area contributed by atoms with Crippen molar-refractivity contribution < 1.29 is 33.0 Å². The lowest BCUT2D eigenvalue weighted by molar-refractivity contribution is -0.123. The fourth-order valence-electron chi connectivity index (χ4n) is 4.06. The number of imide groups is 1. The monoisotopic (exact) mass is 655 g/mol. The summed E-state index contributed by atoms with van der Waals surface area (Å²) in [7, 11) is 2.80. The molecule has 0 aliphatic carbocycles. The molecular weight excluding hydrogens is 633 g/mol. The van der Waals surface area contributed by atoms with Crippen molar-refractivity contribution in [2.45, 2.75) is 13.2 Å². The molecule has 0 saturated carbocycles. The summed E-state index contributed by atoms with van der Waals surface area (Å²) in [6, 6.07) is 20.9. The van der Waals surface area contributed by atoms with Crippen molar-refractivity contribution in [3.63, 3.8) is 0 Å². The minimum absolute atomic E-state index is 0.000363. The van der Waals surface area contributed by atoms with Gasteiger partial charge in [-0.15, -0.1) is 0 Å². The Labute approximate surface area is 242 Å². The highest BCUT2D eigenvalue weighted by molar-refractivity contribution is 14.1. The zero-order valence-corrected chi connectivity index (χ0v) is 23.9. The summed E-state index contributed by atoms with van der Waals surface area (Å²) in [4.78, 5) is 38.5. The van der Waals surface area contributed by atoms with E-state index in [-0.39, 0.29) is 17.2 Å². The van der Waals surface area contributed by atoms with Crippen LogP contribution in [0.4, 0.5) is 4.79 Å². The first kappa shape index (κ1) is 26.8. The van der Waals surface area contributed by atoms with E-state index in [9.17, 15) is 14.4 Å². The van der Waals surface area contributed by atoms with Gasteiger partial charge in [0.1, 0.15) is 12.4 Å². The lowest BCUT2D eigenvalue weighted by Crippen LogP contribution is -2.27. The Morgan fingerprint density at radius 3 is 2.59 bits per heavy atom. The fourth-order valence-corrected chi connectivity index (χ4v) is 5.68. The second-order valence-electron chi connectivity index (χ2n) is 8.53. The molecule has 5 rings (SSSR count). The summed E-state index contributed by atoms with van der Waals surface area (Å²) >= 11 is 3.00. The minimum atomic E-state index is -0.636. The van der Waals surface area contributed by atoms with Crippen LogP contribution >= 0.6 is 34.4 Å². The van der Waals surface area contributed by atoms with Gasteiger partial charge in [-0.2, -0.15) is 0 Å². The summed E-state index contributed by atoms with van der Waals surface area (Å²) in [5.41, 5.74) is 1.71. The van der Waals surface area contributed by atoms with E-state index < -0.39 is 17.1 Å². The SMILES string of the molecule is COC(=O)c1ccc(CN2C(=O)S/C(=C/c3cc(I)c(OCc4ccc5ccccc5c4)c(OC)c3)C2=O)o1. The molecule has 4 aromatic rings. The van der Waals surface area contributed by atoms with Crippen molar-refractivity contribution in [3.05, 3.63) is 97.9 Å². The molecule has 0 radical (unpaired) electrons. The van der Waals surface area contributed by atoms with Gasteiger partial charge in [0, 0.05) is 0 Å². The van der Waals surface area contributed by atoms with Gasteiger partial charge < -0.3 is 18.6 Å². The normalized spacial score (nSPS) is 14.3. The maximum Gasteiger partial charge on any atom is 0.373 e. The Bertz CT molecular complexity index is 1630. The van der Waals surface area contributed by atoms with Crippen LogP contribution in [-0.2, 0) is 22.7 Å². The molecule has 0 bridgehead atoms. The second kappa shape index (κ2) is 11.5. The van der Waals surface area contributed by atoms with E-state index in [1.807, 2.05) is 24.3 Å². The molecule has 1 aliphatic heterocycles. The average molecular weight is 655 g/mol. The molecular formula is C29H22INO7S. The summed E-state index contributed by atoms with van der Waals surface area (Å²) < 4.78 is 22.5. The first-order valence-electron chi connectivity index (χ1n) is 11.8. The molecule has 0 N–H and O–H groups in total. The van der Waals surface area contributed by atoms with Gasteiger partial charge in [-0.05, 0) is 92.7 Å². The molecule has 1 fully saturated rings. The highest BCUT2D eigenvalue weighted by Gasteiger charge is 2.36. The number of hydrogen-bond donors (Lipinski definition) is 0. The average Bonchev–Trinajstić information content (AvgIpc) is 3.52. The Balaban J connectivity index is 1.32. The van der Waals surface area contributed by atoms with Crippen LogP contribution in [0.5, 0.6) is 11.5 Å². The first-order chi connectivity index (χ1) is 18.9. The second-order valence-corrected chi connectivity index (χ2v) is 10.7. The quantitative estimate of drug-likeness (QED) is 0.118. The number of thioether (sulfide) groups is 1. The van der Waals surface area contributed by atoms with E-state index in [4.69, 9.17) is 13.9 Å². The number of rotatable bonds is 8. The molecule has 1 aliphatic rings. The highest BCUT2D eigenvalue weighted by Crippen LogP contribution is 2.38. The molecule has 3 aromatic carbocycles. The molecule has 198 valence electrons. The van der Waals surface area contributed by atoms with Crippen molar-refractivity contribution in [1.29, 1.82) is 0 Å². The van der Waals surface area contributed by atoms with E-state index in [1.54, 1.807) is 19.3 Å². The van der Waals surface area contributed by atoms with Crippen LogP contribution in [0.2, 0.25) is 0 Å². The number of furan rings is 1. The van der Waals surface area contributed by atoms with Crippen molar-refractivity contribution in [3.8, 4) is 11.5 Å². The zero-order valence-electron chi connectivity index (χ0n) is 20.9. The Kier molecular flexibility index (Phi) is 7.94. The maximum atomic E-state index is 13.0. The predicted molar refractivity (Wildman–Crippen MR) is 156 cm³/mol. The van der Waals surface area contributed by atoms with Crippen LogP contribution in [0.1, 0.15) is 27.4 Å². The third-order valence-corrected chi connectivity index (χ3v) is 7.69. The number of methoxy groups -OCH3 is 2. The van der Waals surface area contributed by atoms with E-state index in [1.165, 1.54) is 19.2 Å². The van der Waals surface area contributed by atoms with Crippen LogP contribution in [0, 0.1) is 3.57 Å². The summed E-state index contributed by atoms with van der Waals surface area (Å²) in [6.07, 6.45) is 1.64. The number of halogens is 1. The largest absolute Gasteiger partial charge is 0.493 e. The number of fused-ring (bicyclic) bond motifs is 1. The zero-order chi connectivity index (χ0) is 27.5. The highest BCUT2D eigenvalue weighted by atomic mass is 127. The Morgan fingerprint density at radius 1 is 1.03 bits per heavy atom. The molecule has 39 heavy (non-hydrogen) atoms. The van der Waals surface area contributed by atoms with Gasteiger partial charge in [-0.3, -0.25) is 14.5 Å². The molecule has 10 heteroatoms. The van der Waals surface area contributed by atoms with Gasteiger partial charge in [-0.1, -0.05) is 36.4 Å². The number of amides is 2. The Hall–Kier alpha value is -3.77. The van der Waals surface area contributed by atoms with Crippen LogP contribution < -0.4 is 9.47 Å². The maximum absolute atomic E-state index is 13.0. The predicted octanol–water partition coefficient (Wildman–Crippen LogP) is 6.65. The smallest absolute Gasteiger partial charge is 0.373 e. The minimum Gasteiger partial charge on any atom is -0.493 e. The molecule has 1 aromatic heterocycles. The standard InChI is InChI=1S/C29H22INO7S/c1-35-24-13-18(12-22(30)26(24)37-16-17-7-8-19-5-3-4-6-20(19)11-17)14-25-27(32)31(29(34)39-25)15-21-9-10-23(38-21)28(33)36-2/h3-14H,15-16H2,1-2H3/b25-14+. The fraction of sp³-hybridized carbons (Fsp3) is 0.138. The number of ether oxygens (including phenoxy) is 3. The third kappa shape index (κ3) is 5.81. The van der Waals surface area contributed by atoms with Crippen molar-refractivity contribution in [1.82, 2.24) is 4.90 Å². The molecule has 2 amide bonds. The first-order valence-corrected chi connectivity index (χ1v) is 13.7. The lowest BCUT2D eigenvalue weighted by Gasteiger charge is -2.14. The van der Waals surface area contributed by atoms with E-state index in [0.717, 1.165) is 36.6 Å². The van der Waals surface area contributed by atoms with Crippen LogP contribution in [-0.4, -0.2) is 36.2 Å². The number of hydrogen-bond acceptors (Lipinski definition) is 8. The van der Waals surface area contributed by atoms with Gasteiger partial charge in [0.15, 0.2) is 11.5 Å². The molecule has 0 unspecified atom stereocenters. The van der Waals surface area contributed by atoms with Crippen molar-refractivity contribution in [2.24, 2.45) is 0 Å². The van der Waals surface area contributed by atoms with Crippen LogP contribution in [0.15, 0.2) is 76.1 Å². The van der Waals surface area contributed by atoms with E-state index >= 15 is 0 Å². The van der Waals surface area contributed by atoms with Crippen LogP contribution in [0.25, 0.3) is 16.8 Å². The molecule has 0 spiro atoms. The van der Waals surface area contributed by atoms with Gasteiger partial charge in [0.2, 0.25) is 5.76 Å². The number of esters is 1. The number of carbonyl (C=O) groups is 3.